The predicted molar refractivity (Wildman–Crippen MR) is 65.3 cm³/mol. The molecule has 0 aromatic heterocycles. The van der Waals surface area contributed by atoms with Gasteiger partial charge >= 0.3 is 12.0 Å². The molecule has 1 aliphatic rings. The second-order valence-corrected chi connectivity index (χ2v) is 4.76. The number of rotatable bonds is 6. The molecule has 0 radical (unpaired) electrons. The van der Waals surface area contributed by atoms with Crippen LogP contribution in [-0.4, -0.2) is 48.8 Å². The molecule has 2 unspecified atom stereocenters. The smallest absolute Gasteiger partial charge is 0.315 e. The van der Waals surface area contributed by atoms with E-state index in [4.69, 9.17) is 15.6 Å². The zero-order valence-electron chi connectivity index (χ0n) is 10.8. The minimum Gasteiger partial charge on any atom is -0.481 e. The lowest BCUT2D eigenvalue weighted by atomic mass is 9.85. The topological polar surface area (TPSA) is 131 Å². The number of carboxylic acids is 1. The summed E-state index contributed by atoms with van der Waals surface area (Å²) in [5, 5.41) is 14.2. The van der Waals surface area contributed by atoms with Gasteiger partial charge in [-0.3, -0.25) is 9.59 Å². The van der Waals surface area contributed by atoms with Crippen molar-refractivity contribution < 1.29 is 24.2 Å². The molecule has 8 nitrogen and oxygen atoms in total. The maximum Gasteiger partial charge on any atom is 0.315 e. The number of carbonyl (C=O) groups is 3. The lowest BCUT2D eigenvalue weighted by Crippen LogP contribution is -2.52. The van der Waals surface area contributed by atoms with Gasteiger partial charge in [-0.15, -0.1) is 0 Å². The number of ether oxygens (including phenoxy) is 1. The highest BCUT2D eigenvalue weighted by atomic mass is 16.5. The fourth-order valence-electron chi connectivity index (χ4n) is 1.76. The molecule has 0 aromatic carbocycles. The number of nitrogens with two attached hydrogens (primary N) is 1. The van der Waals surface area contributed by atoms with Crippen LogP contribution >= 0.6 is 0 Å². The number of carboxylic acid groups (broad SMARTS) is 1. The van der Waals surface area contributed by atoms with Crippen LogP contribution in [0.15, 0.2) is 0 Å². The van der Waals surface area contributed by atoms with E-state index in [2.05, 4.69) is 10.6 Å². The summed E-state index contributed by atoms with van der Waals surface area (Å²) in [6.07, 6.45) is 0.639. The lowest BCUT2D eigenvalue weighted by Gasteiger charge is -2.25. The van der Waals surface area contributed by atoms with Gasteiger partial charge in [0, 0.05) is 13.0 Å². The number of hydrogen-bond donors (Lipinski definition) is 4. The fraction of sp³-hybridized carbons (Fsp3) is 0.727. The van der Waals surface area contributed by atoms with Crippen LogP contribution in [0.4, 0.5) is 4.79 Å². The summed E-state index contributed by atoms with van der Waals surface area (Å²) >= 11 is 0. The molecule has 1 aliphatic heterocycles. The highest BCUT2D eigenvalue weighted by Gasteiger charge is 2.47. The molecule has 1 fully saturated rings. The Morgan fingerprint density at radius 3 is 2.74 bits per heavy atom. The van der Waals surface area contributed by atoms with Gasteiger partial charge in [0.05, 0.1) is 19.3 Å². The highest BCUT2D eigenvalue weighted by Crippen LogP contribution is 2.28. The summed E-state index contributed by atoms with van der Waals surface area (Å²) in [7, 11) is 0. The molecule has 0 aromatic rings. The summed E-state index contributed by atoms with van der Waals surface area (Å²) in [6.45, 7) is 2.05. The van der Waals surface area contributed by atoms with Crippen LogP contribution < -0.4 is 16.4 Å². The fourth-order valence-corrected chi connectivity index (χ4v) is 1.76. The Kier molecular flexibility index (Phi) is 5.11. The average molecular weight is 273 g/mol. The summed E-state index contributed by atoms with van der Waals surface area (Å²) in [4.78, 5) is 33.2. The van der Waals surface area contributed by atoms with E-state index < -0.39 is 29.4 Å². The van der Waals surface area contributed by atoms with E-state index in [1.54, 1.807) is 0 Å². The highest BCUT2D eigenvalue weighted by molar-refractivity contribution is 5.79. The van der Waals surface area contributed by atoms with Gasteiger partial charge in [0.15, 0.2) is 0 Å². The van der Waals surface area contributed by atoms with Gasteiger partial charge < -0.3 is 26.2 Å². The number of urea groups is 1. The predicted octanol–water partition coefficient (Wildman–Crippen LogP) is -0.959. The number of aliphatic carboxylic acids is 1. The molecule has 8 heteroatoms. The van der Waals surface area contributed by atoms with Crippen molar-refractivity contribution in [3.63, 3.8) is 0 Å². The Balaban J connectivity index is 2.36. The van der Waals surface area contributed by atoms with Crippen molar-refractivity contribution in [2.24, 2.45) is 11.1 Å². The summed E-state index contributed by atoms with van der Waals surface area (Å²) in [6, 6.07) is -1.06. The van der Waals surface area contributed by atoms with Crippen molar-refractivity contribution in [3.8, 4) is 0 Å². The van der Waals surface area contributed by atoms with Gasteiger partial charge in [-0.05, 0) is 13.3 Å². The van der Waals surface area contributed by atoms with E-state index in [-0.39, 0.29) is 19.6 Å². The van der Waals surface area contributed by atoms with E-state index >= 15 is 0 Å². The van der Waals surface area contributed by atoms with Crippen LogP contribution in [0.5, 0.6) is 0 Å². The van der Waals surface area contributed by atoms with Crippen molar-refractivity contribution in [1.82, 2.24) is 10.6 Å². The maximum atomic E-state index is 11.6. The summed E-state index contributed by atoms with van der Waals surface area (Å²) in [5.41, 5.74) is 3.84. The van der Waals surface area contributed by atoms with Gasteiger partial charge in [-0.2, -0.15) is 0 Å². The lowest BCUT2D eigenvalue weighted by molar-refractivity contribution is -0.148. The molecule has 0 spiro atoms. The van der Waals surface area contributed by atoms with Crippen LogP contribution in [-0.2, 0) is 14.3 Å². The van der Waals surface area contributed by atoms with Crippen LogP contribution in [0.3, 0.4) is 0 Å². The van der Waals surface area contributed by atoms with Gasteiger partial charge in [0.2, 0.25) is 5.91 Å². The Labute approximate surface area is 110 Å². The number of primary amides is 1. The molecule has 0 aliphatic carbocycles. The van der Waals surface area contributed by atoms with Crippen molar-refractivity contribution >= 4 is 17.9 Å². The van der Waals surface area contributed by atoms with Crippen LogP contribution in [0.2, 0.25) is 0 Å². The molecule has 1 heterocycles. The third kappa shape index (κ3) is 4.09. The van der Waals surface area contributed by atoms with Crippen LogP contribution in [0.1, 0.15) is 19.8 Å². The summed E-state index contributed by atoms with van der Waals surface area (Å²) < 4.78 is 5.11. The first-order chi connectivity index (χ1) is 8.86. The SMILES string of the molecule is CC1(C(=O)O)COCC1NC(=O)NCCCC(N)=O. The molecule has 108 valence electrons. The maximum absolute atomic E-state index is 11.6. The van der Waals surface area contributed by atoms with Crippen LogP contribution in [0.25, 0.3) is 0 Å². The Hall–Kier alpha value is -1.83. The quantitative estimate of drug-likeness (QED) is 0.463. The molecular formula is C11H19N3O5. The minimum atomic E-state index is -1.12. The number of hydrogen-bond acceptors (Lipinski definition) is 4. The van der Waals surface area contributed by atoms with E-state index in [9.17, 15) is 14.4 Å². The van der Waals surface area contributed by atoms with Crippen molar-refractivity contribution in [2.45, 2.75) is 25.8 Å². The first kappa shape index (κ1) is 15.2. The number of amides is 3. The zero-order valence-corrected chi connectivity index (χ0v) is 10.8. The molecule has 3 amide bonds. The Bertz CT molecular complexity index is 373. The van der Waals surface area contributed by atoms with E-state index in [1.807, 2.05) is 0 Å². The third-order valence-electron chi connectivity index (χ3n) is 3.13. The monoisotopic (exact) mass is 273 g/mol. The molecule has 1 saturated heterocycles. The molecule has 0 saturated carbocycles. The van der Waals surface area contributed by atoms with Gasteiger partial charge in [-0.25, -0.2) is 4.79 Å². The first-order valence-corrected chi connectivity index (χ1v) is 6.00. The molecule has 0 bridgehead atoms. The summed E-state index contributed by atoms with van der Waals surface area (Å²) in [5.74, 6) is -1.44. The largest absolute Gasteiger partial charge is 0.481 e. The Morgan fingerprint density at radius 2 is 2.16 bits per heavy atom. The second kappa shape index (κ2) is 6.37. The number of nitrogens with one attached hydrogen (secondary N) is 2. The molecule has 19 heavy (non-hydrogen) atoms. The van der Waals surface area contributed by atoms with Gasteiger partial charge in [-0.1, -0.05) is 0 Å². The zero-order chi connectivity index (χ0) is 14.5. The van der Waals surface area contributed by atoms with E-state index in [1.165, 1.54) is 6.92 Å². The molecule has 5 N–H and O–H groups in total. The Morgan fingerprint density at radius 1 is 1.47 bits per heavy atom. The van der Waals surface area contributed by atoms with Crippen molar-refractivity contribution in [1.29, 1.82) is 0 Å². The number of carbonyl (C=O) groups excluding carboxylic acids is 2. The van der Waals surface area contributed by atoms with E-state index in [0.29, 0.717) is 13.0 Å². The first-order valence-electron chi connectivity index (χ1n) is 6.00. The van der Waals surface area contributed by atoms with Crippen molar-refractivity contribution in [3.05, 3.63) is 0 Å². The average Bonchev–Trinajstić information content (AvgIpc) is 2.68. The minimum absolute atomic E-state index is 0.0644. The normalized spacial score (nSPS) is 25.8. The van der Waals surface area contributed by atoms with Gasteiger partial charge in [0.1, 0.15) is 5.41 Å². The molecule has 2 atom stereocenters. The van der Waals surface area contributed by atoms with Crippen LogP contribution in [0, 0.1) is 5.41 Å². The molecule has 1 rings (SSSR count). The molecular weight excluding hydrogens is 254 g/mol. The standard InChI is InChI=1S/C11H19N3O5/c1-11(9(16)17)6-19-5-7(11)14-10(18)13-4-2-3-8(12)15/h7H,2-6H2,1H3,(H2,12,15)(H,16,17)(H2,13,14,18). The van der Waals surface area contributed by atoms with E-state index in [0.717, 1.165) is 0 Å². The van der Waals surface area contributed by atoms with Crippen molar-refractivity contribution in [2.75, 3.05) is 19.8 Å². The third-order valence-corrected chi connectivity index (χ3v) is 3.13. The second-order valence-electron chi connectivity index (χ2n) is 4.76. The van der Waals surface area contributed by atoms with Gasteiger partial charge in [0.25, 0.3) is 0 Å².